The highest BCUT2D eigenvalue weighted by Gasteiger charge is 2.23. The molecule has 1 aliphatic rings. The zero-order chi connectivity index (χ0) is 13.8. The number of piperidine rings is 1. The quantitative estimate of drug-likeness (QED) is 0.892. The van der Waals surface area contributed by atoms with Crippen LogP contribution >= 0.6 is 0 Å². The minimum absolute atomic E-state index is 0.130. The Morgan fingerprint density at radius 1 is 1.37 bits per heavy atom. The van der Waals surface area contributed by atoms with E-state index in [1.807, 2.05) is 19.1 Å². The predicted molar refractivity (Wildman–Crippen MR) is 79.1 cm³/mol. The smallest absolute Gasteiger partial charge is 0.126 e. The number of hydrogen-bond donors (Lipinski definition) is 1. The number of benzene rings is 1. The summed E-state index contributed by atoms with van der Waals surface area (Å²) >= 11 is 0. The topological polar surface area (TPSA) is 15.3 Å². The van der Waals surface area contributed by atoms with Gasteiger partial charge in [0, 0.05) is 11.7 Å². The van der Waals surface area contributed by atoms with E-state index in [4.69, 9.17) is 0 Å². The van der Waals surface area contributed by atoms with Crippen LogP contribution in [0.1, 0.15) is 32.3 Å². The summed E-state index contributed by atoms with van der Waals surface area (Å²) in [5.41, 5.74) is 1.74. The van der Waals surface area contributed by atoms with Gasteiger partial charge in [0.25, 0.3) is 0 Å². The van der Waals surface area contributed by atoms with E-state index >= 15 is 0 Å². The largest absolute Gasteiger partial charge is 0.382 e. The van der Waals surface area contributed by atoms with Crippen molar-refractivity contribution in [3.8, 4) is 0 Å². The van der Waals surface area contributed by atoms with Crippen LogP contribution in [0.15, 0.2) is 18.2 Å². The molecule has 1 saturated heterocycles. The van der Waals surface area contributed by atoms with E-state index in [0.717, 1.165) is 12.2 Å². The summed E-state index contributed by atoms with van der Waals surface area (Å²) in [7, 11) is 0. The van der Waals surface area contributed by atoms with Crippen molar-refractivity contribution >= 4 is 5.69 Å². The van der Waals surface area contributed by atoms with Crippen LogP contribution in [0.3, 0.4) is 0 Å². The molecule has 3 heteroatoms. The zero-order valence-corrected chi connectivity index (χ0v) is 12.2. The molecule has 1 unspecified atom stereocenters. The number of halogens is 1. The molecule has 0 radical (unpaired) electrons. The summed E-state index contributed by atoms with van der Waals surface area (Å²) < 4.78 is 13.2. The summed E-state index contributed by atoms with van der Waals surface area (Å²) in [5.74, 6) is 0.586. The number of hydrogen-bond acceptors (Lipinski definition) is 2. The molecular weight excluding hydrogens is 239 g/mol. The molecule has 0 spiro atoms. The molecule has 19 heavy (non-hydrogen) atoms. The minimum atomic E-state index is -0.130. The van der Waals surface area contributed by atoms with Crippen LogP contribution < -0.4 is 5.32 Å². The fourth-order valence-corrected chi connectivity index (χ4v) is 2.88. The van der Waals surface area contributed by atoms with Gasteiger partial charge in [-0.2, -0.15) is 0 Å². The number of aryl methyl sites for hydroxylation is 1. The molecular formula is C16H25FN2. The number of rotatable bonds is 4. The van der Waals surface area contributed by atoms with E-state index in [0.29, 0.717) is 17.5 Å². The van der Waals surface area contributed by atoms with Crippen molar-refractivity contribution in [3.05, 3.63) is 29.6 Å². The lowest BCUT2D eigenvalue weighted by atomic mass is 9.90. The molecule has 0 aliphatic carbocycles. The first-order valence-corrected chi connectivity index (χ1v) is 7.35. The second-order valence-electron chi connectivity index (χ2n) is 5.67. The molecule has 1 N–H and O–H groups in total. The average Bonchev–Trinajstić information content (AvgIpc) is 2.43. The Morgan fingerprint density at radius 2 is 2.05 bits per heavy atom. The maximum Gasteiger partial charge on any atom is 0.126 e. The highest BCUT2D eigenvalue weighted by molar-refractivity contribution is 5.46. The molecule has 0 saturated carbocycles. The molecule has 0 bridgehead atoms. The van der Waals surface area contributed by atoms with Gasteiger partial charge in [-0.25, -0.2) is 4.39 Å². The summed E-state index contributed by atoms with van der Waals surface area (Å²) in [6.45, 7) is 9.84. The van der Waals surface area contributed by atoms with Gasteiger partial charge in [0.1, 0.15) is 5.82 Å². The fourth-order valence-electron chi connectivity index (χ4n) is 2.88. The Labute approximate surface area is 116 Å². The SMILES string of the molecule is CCN1CCC(C(C)Nc2ccc(F)c(C)c2)CC1. The summed E-state index contributed by atoms with van der Waals surface area (Å²) in [6.07, 6.45) is 2.50. The van der Waals surface area contributed by atoms with Gasteiger partial charge in [0.2, 0.25) is 0 Å². The first-order valence-electron chi connectivity index (χ1n) is 7.35. The molecule has 1 atom stereocenters. The molecule has 1 heterocycles. The van der Waals surface area contributed by atoms with Gasteiger partial charge < -0.3 is 10.2 Å². The molecule has 106 valence electrons. The second kappa shape index (κ2) is 6.38. The first-order chi connectivity index (χ1) is 9.10. The fraction of sp³-hybridized carbons (Fsp3) is 0.625. The molecule has 1 aliphatic heterocycles. The number of nitrogens with one attached hydrogen (secondary N) is 1. The van der Waals surface area contributed by atoms with Crippen molar-refractivity contribution in [3.63, 3.8) is 0 Å². The Morgan fingerprint density at radius 3 is 2.63 bits per heavy atom. The standard InChI is InChI=1S/C16H25FN2/c1-4-19-9-7-14(8-10-19)13(3)18-15-5-6-16(17)12(2)11-15/h5-6,11,13-14,18H,4,7-10H2,1-3H3. The molecule has 2 nitrogen and oxygen atoms in total. The Hall–Kier alpha value is -1.09. The van der Waals surface area contributed by atoms with Crippen LogP contribution in [0.5, 0.6) is 0 Å². The van der Waals surface area contributed by atoms with Gasteiger partial charge >= 0.3 is 0 Å². The molecule has 0 amide bonds. The van der Waals surface area contributed by atoms with Crippen molar-refractivity contribution in [2.75, 3.05) is 25.0 Å². The minimum Gasteiger partial charge on any atom is -0.382 e. The van der Waals surface area contributed by atoms with E-state index in [1.165, 1.54) is 25.9 Å². The summed E-state index contributed by atoms with van der Waals surface area (Å²) in [5, 5.41) is 3.53. The molecule has 1 aromatic carbocycles. The van der Waals surface area contributed by atoms with E-state index in [2.05, 4.69) is 24.1 Å². The Bertz CT molecular complexity index is 411. The normalized spacial score (nSPS) is 19.4. The third-order valence-electron chi connectivity index (χ3n) is 4.34. The lowest BCUT2D eigenvalue weighted by Crippen LogP contribution is -2.39. The van der Waals surface area contributed by atoms with Crippen molar-refractivity contribution < 1.29 is 4.39 Å². The third-order valence-corrected chi connectivity index (χ3v) is 4.34. The van der Waals surface area contributed by atoms with Crippen LogP contribution in [0, 0.1) is 18.7 Å². The lowest BCUT2D eigenvalue weighted by Gasteiger charge is -2.34. The number of nitrogens with zero attached hydrogens (tertiary/aromatic N) is 1. The van der Waals surface area contributed by atoms with Gasteiger partial charge in [0.15, 0.2) is 0 Å². The highest BCUT2D eigenvalue weighted by Crippen LogP contribution is 2.23. The van der Waals surface area contributed by atoms with Crippen LogP contribution in [0.25, 0.3) is 0 Å². The third kappa shape index (κ3) is 3.69. The van der Waals surface area contributed by atoms with Crippen molar-refractivity contribution in [2.24, 2.45) is 5.92 Å². The highest BCUT2D eigenvalue weighted by atomic mass is 19.1. The molecule has 1 fully saturated rings. The summed E-state index contributed by atoms with van der Waals surface area (Å²) in [6, 6.07) is 5.72. The monoisotopic (exact) mass is 264 g/mol. The maximum atomic E-state index is 13.2. The van der Waals surface area contributed by atoms with Crippen molar-refractivity contribution in [1.82, 2.24) is 4.90 Å². The molecule has 1 aromatic rings. The van der Waals surface area contributed by atoms with Crippen LogP contribution in [-0.2, 0) is 0 Å². The summed E-state index contributed by atoms with van der Waals surface area (Å²) in [4.78, 5) is 2.51. The number of likely N-dealkylation sites (tertiary alicyclic amines) is 1. The molecule has 0 aromatic heterocycles. The van der Waals surface area contributed by atoms with Gasteiger partial charge in [-0.05, 0) is 76.0 Å². The van der Waals surface area contributed by atoms with Crippen molar-refractivity contribution in [1.29, 1.82) is 0 Å². The lowest BCUT2D eigenvalue weighted by molar-refractivity contribution is 0.183. The zero-order valence-electron chi connectivity index (χ0n) is 12.2. The number of anilines is 1. The van der Waals surface area contributed by atoms with Crippen LogP contribution in [0.4, 0.5) is 10.1 Å². The van der Waals surface area contributed by atoms with Gasteiger partial charge in [-0.15, -0.1) is 0 Å². The Kier molecular flexibility index (Phi) is 4.81. The maximum absolute atomic E-state index is 13.2. The van der Waals surface area contributed by atoms with E-state index < -0.39 is 0 Å². The average molecular weight is 264 g/mol. The van der Waals surface area contributed by atoms with Crippen LogP contribution in [0.2, 0.25) is 0 Å². The predicted octanol–water partition coefficient (Wildman–Crippen LogP) is 3.67. The van der Waals surface area contributed by atoms with Gasteiger partial charge in [-0.3, -0.25) is 0 Å². The van der Waals surface area contributed by atoms with E-state index in [1.54, 1.807) is 6.07 Å². The van der Waals surface area contributed by atoms with E-state index in [9.17, 15) is 4.39 Å². The Balaban J connectivity index is 1.90. The van der Waals surface area contributed by atoms with Crippen LogP contribution in [-0.4, -0.2) is 30.6 Å². The van der Waals surface area contributed by atoms with Gasteiger partial charge in [0.05, 0.1) is 0 Å². The molecule has 2 rings (SSSR count). The second-order valence-corrected chi connectivity index (χ2v) is 5.67. The van der Waals surface area contributed by atoms with Crippen molar-refractivity contribution in [2.45, 2.75) is 39.7 Å². The first kappa shape index (κ1) is 14.3. The van der Waals surface area contributed by atoms with Gasteiger partial charge in [-0.1, -0.05) is 6.92 Å². The van der Waals surface area contributed by atoms with E-state index in [-0.39, 0.29) is 5.82 Å².